The van der Waals surface area contributed by atoms with Crippen molar-refractivity contribution in [3.05, 3.63) is 16.6 Å². The molecule has 13 heavy (non-hydrogen) atoms. The highest BCUT2D eigenvalue weighted by Crippen LogP contribution is 2.04. The highest BCUT2D eigenvalue weighted by molar-refractivity contribution is 7.99. The molecule has 1 heterocycles. The van der Waals surface area contributed by atoms with Gasteiger partial charge in [-0.2, -0.15) is 11.8 Å². The van der Waals surface area contributed by atoms with Crippen molar-refractivity contribution in [2.45, 2.75) is 12.2 Å². The predicted octanol–water partition coefficient (Wildman–Crippen LogP) is 1.62. The summed E-state index contributed by atoms with van der Waals surface area (Å²) in [4.78, 5) is 15.3. The largest absolute Gasteiger partial charge is 0.350 e. The Labute approximate surface area is 86.0 Å². The van der Waals surface area contributed by atoms with Crippen LogP contribution in [0.25, 0.3) is 0 Å². The SMILES string of the molecule is CSC(C)CNC(=O)c1cscn1. The number of hydrogen-bond acceptors (Lipinski definition) is 4. The molecule has 0 aromatic carbocycles. The van der Waals surface area contributed by atoms with Gasteiger partial charge in [-0.15, -0.1) is 11.3 Å². The van der Waals surface area contributed by atoms with Crippen LogP contribution in [0.3, 0.4) is 0 Å². The summed E-state index contributed by atoms with van der Waals surface area (Å²) in [5.74, 6) is -0.0813. The molecule has 1 atom stereocenters. The summed E-state index contributed by atoms with van der Waals surface area (Å²) in [5.41, 5.74) is 2.17. The second kappa shape index (κ2) is 5.24. The Morgan fingerprint density at radius 1 is 1.85 bits per heavy atom. The van der Waals surface area contributed by atoms with Crippen molar-refractivity contribution >= 4 is 29.0 Å². The van der Waals surface area contributed by atoms with Crippen LogP contribution in [0.5, 0.6) is 0 Å². The first-order valence-electron chi connectivity index (χ1n) is 3.93. The summed E-state index contributed by atoms with van der Waals surface area (Å²) in [7, 11) is 0. The molecule has 0 saturated carbocycles. The fraction of sp³-hybridized carbons (Fsp3) is 0.500. The van der Waals surface area contributed by atoms with E-state index in [0.717, 1.165) is 0 Å². The van der Waals surface area contributed by atoms with Crippen LogP contribution in [0.1, 0.15) is 17.4 Å². The number of aromatic nitrogens is 1. The number of thiazole rings is 1. The lowest BCUT2D eigenvalue weighted by Crippen LogP contribution is -2.29. The monoisotopic (exact) mass is 216 g/mol. The summed E-state index contributed by atoms with van der Waals surface area (Å²) in [6, 6.07) is 0. The Bertz CT molecular complexity index is 261. The van der Waals surface area contributed by atoms with E-state index < -0.39 is 0 Å². The number of carbonyl (C=O) groups is 1. The summed E-state index contributed by atoms with van der Waals surface area (Å²) in [5, 5.41) is 5.02. The second-order valence-electron chi connectivity index (χ2n) is 2.63. The van der Waals surface area contributed by atoms with E-state index in [1.807, 2.05) is 6.26 Å². The first kappa shape index (κ1) is 10.5. The molecule has 1 rings (SSSR count). The van der Waals surface area contributed by atoms with E-state index in [1.54, 1.807) is 22.7 Å². The highest BCUT2D eigenvalue weighted by Gasteiger charge is 2.07. The third-order valence-corrected chi connectivity index (χ3v) is 3.18. The number of hydrogen-bond donors (Lipinski definition) is 1. The van der Waals surface area contributed by atoms with Crippen molar-refractivity contribution < 1.29 is 4.79 Å². The third kappa shape index (κ3) is 3.36. The maximum absolute atomic E-state index is 11.3. The molecule has 1 N–H and O–H groups in total. The van der Waals surface area contributed by atoms with Crippen molar-refractivity contribution in [3.8, 4) is 0 Å². The summed E-state index contributed by atoms with van der Waals surface area (Å²) in [6.45, 7) is 2.77. The number of amides is 1. The number of rotatable bonds is 4. The van der Waals surface area contributed by atoms with Crippen LogP contribution in [0.4, 0.5) is 0 Å². The van der Waals surface area contributed by atoms with Crippen LogP contribution in [-0.2, 0) is 0 Å². The molecule has 3 nitrogen and oxygen atoms in total. The number of carbonyl (C=O) groups excluding carboxylic acids is 1. The minimum absolute atomic E-state index is 0.0813. The molecule has 0 aliphatic heterocycles. The Morgan fingerprint density at radius 3 is 3.15 bits per heavy atom. The van der Waals surface area contributed by atoms with E-state index >= 15 is 0 Å². The predicted molar refractivity (Wildman–Crippen MR) is 57.4 cm³/mol. The van der Waals surface area contributed by atoms with E-state index in [1.165, 1.54) is 11.3 Å². The molecule has 1 aromatic rings. The van der Waals surface area contributed by atoms with E-state index in [2.05, 4.69) is 17.2 Å². The maximum Gasteiger partial charge on any atom is 0.270 e. The topological polar surface area (TPSA) is 42.0 Å². The smallest absolute Gasteiger partial charge is 0.270 e. The van der Waals surface area contributed by atoms with Crippen LogP contribution in [0.15, 0.2) is 10.9 Å². The average Bonchev–Trinajstić information content (AvgIpc) is 2.66. The molecule has 1 amide bonds. The lowest BCUT2D eigenvalue weighted by molar-refractivity contribution is 0.0950. The number of nitrogens with one attached hydrogen (secondary N) is 1. The molecule has 0 spiro atoms. The van der Waals surface area contributed by atoms with Crippen LogP contribution in [0, 0.1) is 0 Å². The molecule has 0 radical (unpaired) electrons. The Balaban J connectivity index is 2.35. The molecular formula is C8H12N2OS2. The van der Waals surface area contributed by atoms with E-state index in [0.29, 0.717) is 17.5 Å². The van der Waals surface area contributed by atoms with Gasteiger partial charge in [0, 0.05) is 17.2 Å². The molecule has 0 bridgehead atoms. The van der Waals surface area contributed by atoms with Crippen LogP contribution in [0.2, 0.25) is 0 Å². The van der Waals surface area contributed by atoms with Crippen LogP contribution < -0.4 is 5.32 Å². The Kier molecular flexibility index (Phi) is 4.24. The van der Waals surface area contributed by atoms with Gasteiger partial charge < -0.3 is 5.32 Å². The number of thioether (sulfide) groups is 1. The van der Waals surface area contributed by atoms with Crippen LogP contribution >= 0.6 is 23.1 Å². The molecule has 72 valence electrons. The minimum atomic E-state index is -0.0813. The van der Waals surface area contributed by atoms with Crippen LogP contribution in [-0.4, -0.2) is 28.9 Å². The Hall–Kier alpha value is -0.550. The average molecular weight is 216 g/mol. The first-order chi connectivity index (χ1) is 6.24. The molecular weight excluding hydrogens is 204 g/mol. The van der Waals surface area contributed by atoms with Gasteiger partial charge in [0.1, 0.15) is 5.69 Å². The van der Waals surface area contributed by atoms with Gasteiger partial charge in [-0.1, -0.05) is 6.92 Å². The maximum atomic E-state index is 11.3. The molecule has 0 aliphatic rings. The fourth-order valence-electron chi connectivity index (χ4n) is 0.735. The van der Waals surface area contributed by atoms with Gasteiger partial charge in [0.15, 0.2) is 0 Å². The quantitative estimate of drug-likeness (QED) is 0.831. The Morgan fingerprint density at radius 2 is 2.62 bits per heavy atom. The third-order valence-electron chi connectivity index (χ3n) is 1.62. The zero-order valence-electron chi connectivity index (χ0n) is 7.61. The van der Waals surface area contributed by atoms with E-state index in [4.69, 9.17) is 0 Å². The molecule has 1 unspecified atom stereocenters. The highest BCUT2D eigenvalue weighted by atomic mass is 32.2. The van der Waals surface area contributed by atoms with Gasteiger partial charge in [-0.3, -0.25) is 4.79 Å². The van der Waals surface area contributed by atoms with Gasteiger partial charge in [0.25, 0.3) is 5.91 Å². The van der Waals surface area contributed by atoms with Gasteiger partial charge in [0.05, 0.1) is 5.51 Å². The van der Waals surface area contributed by atoms with Crippen molar-refractivity contribution in [1.29, 1.82) is 0 Å². The second-order valence-corrected chi connectivity index (χ2v) is 4.62. The standard InChI is InChI=1S/C8H12N2OS2/c1-6(12-2)3-9-8(11)7-4-13-5-10-7/h4-6H,3H2,1-2H3,(H,9,11). The number of nitrogens with zero attached hydrogens (tertiary/aromatic N) is 1. The van der Waals surface area contributed by atoms with Crippen molar-refractivity contribution in [2.75, 3.05) is 12.8 Å². The van der Waals surface area contributed by atoms with E-state index in [9.17, 15) is 4.79 Å². The van der Waals surface area contributed by atoms with Gasteiger partial charge >= 0.3 is 0 Å². The molecule has 1 aromatic heterocycles. The van der Waals surface area contributed by atoms with Crippen molar-refractivity contribution in [2.24, 2.45) is 0 Å². The molecule has 0 saturated heterocycles. The van der Waals surface area contributed by atoms with E-state index in [-0.39, 0.29) is 5.91 Å². The minimum Gasteiger partial charge on any atom is -0.350 e. The molecule has 0 fully saturated rings. The summed E-state index contributed by atoms with van der Waals surface area (Å²) < 4.78 is 0. The molecule has 5 heteroatoms. The van der Waals surface area contributed by atoms with Crippen molar-refractivity contribution in [3.63, 3.8) is 0 Å². The van der Waals surface area contributed by atoms with Gasteiger partial charge in [0.2, 0.25) is 0 Å². The first-order valence-corrected chi connectivity index (χ1v) is 6.16. The van der Waals surface area contributed by atoms with Gasteiger partial charge in [-0.05, 0) is 6.26 Å². The summed E-state index contributed by atoms with van der Waals surface area (Å²) in [6.07, 6.45) is 2.03. The lowest BCUT2D eigenvalue weighted by Gasteiger charge is -2.08. The van der Waals surface area contributed by atoms with Crippen molar-refractivity contribution in [1.82, 2.24) is 10.3 Å². The zero-order chi connectivity index (χ0) is 9.68. The van der Waals surface area contributed by atoms with Gasteiger partial charge in [-0.25, -0.2) is 4.98 Å². The fourth-order valence-corrected chi connectivity index (χ4v) is 1.52. The lowest BCUT2D eigenvalue weighted by atomic mass is 10.4. The zero-order valence-corrected chi connectivity index (χ0v) is 9.24. The summed E-state index contributed by atoms with van der Waals surface area (Å²) >= 11 is 3.16. The normalized spacial score (nSPS) is 12.5. The molecule has 0 aliphatic carbocycles.